The number of anilines is 1. The fraction of sp³-hybridized carbons (Fsp3) is 0.462. The van der Waals surface area contributed by atoms with Gasteiger partial charge >= 0.3 is 5.97 Å². The Morgan fingerprint density at radius 3 is 2.89 bits per heavy atom. The van der Waals surface area contributed by atoms with Gasteiger partial charge in [0.2, 0.25) is 0 Å². The van der Waals surface area contributed by atoms with Crippen molar-refractivity contribution < 1.29 is 19.0 Å². The number of nitrogens with one attached hydrogen (secondary N) is 1. The van der Waals surface area contributed by atoms with Gasteiger partial charge in [-0.3, -0.25) is 0 Å². The molecule has 0 aromatic heterocycles. The van der Waals surface area contributed by atoms with Crippen LogP contribution < -0.4 is 5.32 Å². The van der Waals surface area contributed by atoms with Gasteiger partial charge in [0.15, 0.2) is 0 Å². The third-order valence-electron chi connectivity index (χ3n) is 3.68. The summed E-state index contributed by atoms with van der Waals surface area (Å²) in [4.78, 5) is 11.1. The molecule has 2 fully saturated rings. The van der Waals surface area contributed by atoms with E-state index >= 15 is 0 Å². The topological polar surface area (TPSA) is 58.6 Å². The summed E-state index contributed by atoms with van der Waals surface area (Å²) in [6, 6.07) is 4.09. The highest BCUT2D eigenvalue weighted by molar-refractivity contribution is 5.94. The van der Waals surface area contributed by atoms with Gasteiger partial charge in [-0.2, -0.15) is 0 Å². The molecule has 5 heteroatoms. The van der Waals surface area contributed by atoms with E-state index in [4.69, 9.17) is 9.84 Å². The fourth-order valence-corrected chi connectivity index (χ4v) is 2.82. The van der Waals surface area contributed by atoms with E-state index in [9.17, 15) is 9.18 Å². The number of para-hydroxylation sites is 1. The molecule has 2 heterocycles. The lowest BCUT2D eigenvalue weighted by atomic mass is 9.95. The molecule has 0 amide bonds. The summed E-state index contributed by atoms with van der Waals surface area (Å²) in [5, 5.41) is 12.1. The van der Waals surface area contributed by atoms with E-state index in [2.05, 4.69) is 5.32 Å². The average Bonchev–Trinajstić information content (AvgIpc) is 2.93. The largest absolute Gasteiger partial charge is 0.478 e. The normalized spacial score (nSPS) is 29.5. The van der Waals surface area contributed by atoms with Gasteiger partial charge in [0.25, 0.3) is 0 Å². The molecule has 2 N–H and O–H groups in total. The lowest BCUT2D eigenvalue weighted by Crippen LogP contribution is -2.31. The van der Waals surface area contributed by atoms with Gasteiger partial charge < -0.3 is 15.2 Å². The number of hydrogen-bond acceptors (Lipinski definition) is 3. The van der Waals surface area contributed by atoms with E-state index in [1.54, 1.807) is 0 Å². The molecule has 2 aliphatic heterocycles. The maximum Gasteiger partial charge on any atom is 0.337 e. The molecule has 0 saturated carbocycles. The van der Waals surface area contributed by atoms with E-state index < -0.39 is 11.8 Å². The highest BCUT2D eigenvalue weighted by atomic mass is 19.1. The Kier molecular flexibility index (Phi) is 2.70. The number of ether oxygens (including phenoxy) is 1. The molecule has 3 rings (SSSR count). The monoisotopic (exact) mass is 251 g/mol. The van der Waals surface area contributed by atoms with E-state index in [0.29, 0.717) is 0 Å². The molecule has 0 spiro atoms. The van der Waals surface area contributed by atoms with Crippen LogP contribution in [0.4, 0.5) is 10.1 Å². The second-order valence-electron chi connectivity index (χ2n) is 4.83. The molecule has 0 aliphatic carbocycles. The lowest BCUT2D eigenvalue weighted by molar-refractivity contribution is 0.0697. The van der Waals surface area contributed by atoms with Crippen LogP contribution in [0.3, 0.4) is 0 Å². The molecule has 0 radical (unpaired) electrons. The molecule has 18 heavy (non-hydrogen) atoms. The Labute approximate surface area is 104 Å². The smallest absolute Gasteiger partial charge is 0.337 e. The Morgan fingerprint density at radius 1 is 1.44 bits per heavy atom. The first kappa shape index (κ1) is 11.5. The maximum atomic E-state index is 13.7. The van der Waals surface area contributed by atoms with Gasteiger partial charge in [-0.05, 0) is 31.4 Å². The van der Waals surface area contributed by atoms with Crippen molar-refractivity contribution >= 4 is 11.7 Å². The second-order valence-corrected chi connectivity index (χ2v) is 4.83. The van der Waals surface area contributed by atoms with Gasteiger partial charge in [0.1, 0.15) is 5.82 Å². The summed E-state index contributed by atoms with van der Waals surface area (Å²) in [7, 11) is 0. The highest BCUT2D eigenvalue weighted by Gasteiger charge is 2.41. The molecule has 1 aromatic carbocycles. The van der Waals surface area contributed by atoms with E-state index in [1.807, 2.05) is 0 Å². The number of carbonyl (C=O) groups is 1. The summed E-state index contributed by atoms with van der Waals surface area (Å²) < 4.78 is 19.4. The van der Waals surface area contributed by atoms with Gasteiger partial charge in [-0.15, -0.1) is 0 Å². The Morgan fingerprint density at radius 2 is 2.28 bits per heavy atom. The number of carboxylic acids is 1. The minimum absolute atomic E-state index is 0.0127. The zero-order valence-corrected chi connectivity index (χ0v) is 9.73. The lowest BCUT2D eigenvalue weighted by Gasteiger charge is -2.22. The van der Waals surface area contributed by atoms with E-state index in [0.717, 1.165) is 19.3 Å². The summed E-state index contributed by atoms with van der Waals surface area (Å²) in [6.45, 7) is 0. The third kappa shape index (κ3) is 1.84. The third-order valence-corrected chi connectivity index (χ3v) is 3.68. The van der Waals surface area contributed by atoms with Crippen LogP contribution in [0.25, 0.3) is 0 Å². The quantitative estimate of drug-likeness (QED) is 0.865. The predicted octanol–water partition coefficient (Wildman–Crippen LogP) is 2.26. The number of halogens is 1. The summed E-state index contributed by atoms with van der Waals surface area (Å²) >= 11 is 0. The Bertz CT molecular complexity index is 491. The van der Waals surface area contributed by atoms with Crippen LogP contribution in [0.1, 0.15) is 29.6 Å². The summed E-state index contributed by atoms with van der Waals surface area (Å²) in [6.07, 6.45) is 3.15. The van der Waals surface area contributed by atoms with Crippen LogP contribution in [0.5, 0.6) is 0 Å². The number of aromatic carboxylic acids is 1. The van der Waals surface area contributed by atoms with Crippen molar-refractivity contribution in [2.75, 3.05) is 5.32 Å². The molecule has 3 unspecified atom stereocenters. The van der Waals surface area contributed by atoms with E-state index in [-0.39, 0.29) is 29.5 Å². The van der Waals surface area contributed by atoms with Gasteiger partial charge in [0, 0.05) is 0 Å². The molecular weight excluding hydrogens is 237 g/mol. The number of carboxylic acid groups (broad SMARTS) is 1. The van der Waals surface area contributed by atoms with E-state index in [1.165, 1.54) is 18.2 Å². The summed E-state index contributed by atoms with van der Waals surface area (Å²) in [5.74, 6) is -1.65. The molecule has 96 valence electrons. The van der Waals surface area contributed by atoms with Crippen LogP contribution >= 0.6 is 0 Å². The minimum atomic E-state index is -1.12. The van der Waals surface area contributed by atoms with Crippen LogP contribution in [0.15, 0.2) is 18.2 Å². The molecule has 2 aliphatic rings. The van der Waals surface area contributed by atoms with Crippen molar-refractivity contribution in [2.45, 2.75) is 37.5 Å². The van der Waals surface area contributed by atoms with Crippen LogP contribution in [-0.2, 0) is 4.74 Å². The minimum Gasteiger partial charge on any atom is -0.478 e. The number of hydrogen-bond donors (Lipinski definition) is 2. The van der Waals surface area contributed by atoms with Crippen molar-refractivity contribution in [2.24, 2.45) is 0 Å². The second kappa shape index (κ2) is 4.24. The van der Waals surface area contributed by atoms with Gasteiger partial charge in [-0.1, -0.05) is 6.07 Å². The zero-order chi connectivity index (χ0) is 12.7. The predicted molar refractivity (Wildman–Crippen MR) is 63.3 cm³/mol. The first-order chi connectivity index (χ1) is 8.65. The molecule has 4 nitrogen and oxygen atoms in total. The molecule has 2 saturated heterocycles. The van der Waals surface area contributed by atoms with Gasteiger partial charge in [-0.25, -0.2) is 9.18 Å². The van der Waals surface area contributed by atoms with Gasteiger partial charge in [0.05, 0.1) is 29.5 Å². The van der Waals surface area contributed by atoms with Crippen LogP contribution in [0, 0.1) is 5.82 Å². The molecular formula is C13H14FNO3. The van der Waals surface area contributed by atoms with Crippen molar-refractivity contribution in [1.29, 1.82) is 0 Å². The standard InChI is InChI=1S/C13H14FNO3/c14-9-3-1-2-8(13(16)17)12(9)15-10-6-7-4-5-11(10)18-7/h1-3,7,10-11,15H,4-6H2,(H,16,17). The number of benzene rings is 1. The first-order valence-corrected chi connectivity index (χ1v) is 6.09. The first-order valence-electron chi connectivity index (χ1n) is 6.09. The number of fused-ring (bicyclic) bond motifs is 2. The van der Waals surface area contributed by atoms with Crippen molar-refractivity contribution in [3.05, 3.63) is 29.6 Å². The zero-order valence-electron chi connectivity index (χ0n) is 9.73. The molecule has 3 atom stereocenters. The van der Waals surface area contributed by atoms with Crippen molar-refractivity contribution in [3.8, 4) is 0 Å². The van der Waals surface area contributed by atoms with Crippen molar-refractivity contribution in [1.82, 2.24) is 0 Å². The molecule has 2 bridgehead atoms. The SMILES string of the molecule is O=C(O)c1cccc(F)c1NC1CC2CCC1O2. The van der Waals surface area contributed by atoms with Crippen LogP contribution in [-0.4, -0.2) is 29.3 Å². The fourth-order valence-electron chi connectivity index (χ4n) is 2.82. The summed E-state index contributed by atoms with van der Waals surface area (Å²) in [5.41, 5.74) is 0.0453. The highest BCUT2D eigenvalue weighted by Crippen LogP contribution is 2.36. The number of rotatable bonds is 3. The van der Waals surface area contributed by atoms with Crippen LogP contribution in [0.2, 0.25) is 0 Å². The molecule has 1 aromatic rings. The Hall–Kier alpha value is -1.62. The average molecular weight is 251 g/mol. The van der Waals surface area contributed by atoms with Crippen molar-refractivity contribution in [3.63, 3.8) is 0 Å². The Balaban J connectivity index is 1.86. The maximum absolute atomic E-state index is 13.7.